The number of ether oxygens (including phenoxy) is 3. The van der Waals surface area contributed by atoms with Crippen LogP contribution in [0.15, 0.2) is 24.3 Å². The Morgan fingerprint density at radius 2 is 2.25 bits per heavy atom. The van der Waals surface area contributed by atoms with Crippen molar-refractivity contribution in [3.8, 4) is 5.75 Å². The molecule has 1 fully saturated rings. The molecule has 1 aromatic rings. The van der Waals surface area contributed by atoms with Gasteiger partial charge in [0.05, 0.1) is 26.2 Å². The van der Waals surface area contributed by atoms with E-state index in [4.69, 9.17) is 19.9 Å². The largest absolute Gasteiger partial charge is 0.484 e. The van der Waals surface area contributed by atoms with Crippen LogP contribution in [-0.4, -0.2) is 62.3 Å². The molecule has 0 aromatic heterocycles. The molecule has 0 unspecified atom stereocenters. The fourth-order valence-electron chi connectivity index (χ4n) is 2.68. The Balaban J connectivity index is 1.97. The second-order valence-electron chi connectivity index (χ2n) is 5.67. The maximum absolute atomic E-state index is 13.1. The summed E-state index contributed by atoms with van der Waals surface area (Å²) in [6, 6.07) is 5.56. The lowest BCUT2D eigenvalue weighted by Crippen LogP contribution is -2.58. The average molecular weight is 340 g/mol. The van der Waals surface area contributed by atoms with Crippen LogP contribution in [0.2, 0.25) is 0 Å². The van der Waals surface area contributed by atoms with Crippen molar-refractivity contribution in [3.63, 3.8) is 0 Å². The minimum absolute atomic E-state index is 0.0463. The van der Waals surface area contributed by atoms with Gasteiger partial charge in [0, 0.05) is 19.7 Å². The van der Waals surface area contributed by atoms with Gasteiger partial charge in [-0.1, -0.05) is 6.07 Å². The van der Waals surface area contributed by atoms with Crippen LogP contribution in [0.5, 0.6) is 5.75 Å². The van der Waals surface area contributed by atoms with Gasteiger partial charge in [0.1, 0.15) is 17.2 Å². The lowest BCUT2D eigenvalue weighted by molar-refractivity contribution is -0.167. The minimum atomic E-state index is -0.951. The molecule has 2 amide bonds. The lowest BCUT2D eigenvalue weighted by atomic mass is 9.97. The number of nitrogens with zero attached hydrogens (tertiary/aromatic N) is 1. The Morgan fingerprint density at radius 3 is 2.92 bits per heavy atom. The highest BCUT2D eigenvalue weighted by Crippen LogP contribution is 2.23. The van der Waals surface area contributed by atoms with E-state index in [0.717, 1.165) is 0 Å². The molecule has 0 radical (unpaired) electrons. The van der Waals surface area contributed by atoms with Gasteiger partial charge in [-0.05, 0) is 12.1 Å². The van der Waals surface area contributed by atoms with E-state index in [2.05, 4.69) is 0 Å². The van der Waals surface area contributed by atoms with E-state index in [0.29, 0.717) is 6.54 Å². The van der Waals surface area contributed by atoms with E-state index in [-0.39, 0.29) is 44.4 Å². The van der Waals surface area contributed by atoms with Gasteiger partial charge in [0.15, 0.2) is 6.61 Å². The average Bonchev–Trinajstić information content (AvgIpc) is 2.52. The molecule has 2 rings (SSSR count). The van der Waals surface area contributed by atoms with Crippen LogP contribution in [0, 0.1) is 5.82 Å². The Kier molecular flexibility index (Phi) is 6.10. The number of halogens is 1. The zero-order valence-corrected chi connectivity index (χ0v) is 13.5. The number of amides is 2. The third-order valence-electron chi connectivity index (χ3n) is 3.66. The molecule has 24 heavy (non-hydrogen) atoms. The molecule has 132 valence electrons. The molecule has 2 N–H and O–H groups in total. The van der Waals surface area contributed by atoms with Crippen molar-refractivity contribution >= 4 is 11.8 Å². The van der Waals surface area contributed by atoms with Gasteiger partial charge in [-0.15, -0.1) is 0 Å². The van der Waals surface area contributed by atoms with Gasteiger partial charge in [0.2, 0.25) is 5.91 Å². The molecule has 0 saturated carbocycles. The number of hydrogen-bond acceptors (Lipinski definition) is 5. The third-order valence-corrected chi connectivity index (χ3v) is 3.66. The first-order valence-corrected chi connectivity index (χ1v) is 7.51. The number of morpholine rings is 1. The number of carbonyl (C=O) groups is 2. The summed E-state index contributed by atoms with van der Waals surface area (Å²) in [6.07, 6.45) is -0.0463. The molecular weight excluding hydrogens is 319 g/mol. The van der Waals surface area contributed by atoms with Crippen LogP contribution in [-0.2, 0) is 19.1 Å². The van der Waals surface area contributed by atoms with E-state index in [1.807, 2.05) is 0 Å². The number of primary amides is 1. The van der Waals surface area contributed by atoms with Gasteiger partial charge in [-0.25, -0.2) is 4.39 Å². The minimum Gasteiger partial charge on any atom is -0.484 e. The first kappa shape index (κ1) is 18.2. The summed E-state index contributed by atoms with van der Waals surface area (Å²) < 4.78 is 29.2. The molecular formula is C16H21FN2O5. The zero-order chi connectivity index (χ0) is 17.6. The SMILES string of the molecule is COC[C@@]1(CC(N)=O)CN(C(=O)COc2cccc(F)c2)CCO1. The van der Waals surface area contributed by atoms with Crippen LogP contribution in [0.4, 0.5) is 4.39 Å². The maximum Gasteiger partial charge on any atom is 0.260 e. The molecule has 0 bridgehead atoms. The summed E-state index contributed by atoms with van der Waals surface area (Å²) in [5.41, 5.74) is 4.32. The van der Waals surface area contributed by atoms with Crippen LogP contribution in [0.3, 0.4) is 0 Å². The number of benzene rings is 1. The highest BCUT2D eigenvalue weighted by molar-refractivity contribution is 5.78. The van der Waals surface area contributed by atoms with E-state index in [1.165, 1.54) is 30.2 Å². The molecule has 0 spiro atoms. The molecule has 7 nitrogen and oxygen atoms in total. The van der Waals surface area contributed by atoms with Crippen molar-refractivity contribution in [2.75, 3.05) is 40.0 Å². The van der Waals surface area contributed by atoms with Crippen molar-refractivity contribution in [1.29, 1.82) is 0 Å². The Bertz CT molecular complexity index is 594. The number of methoxy groups -OCH3 is 1. The number of nitrogens with two attached hydrogens (primary N) is 1. The highest BCUT2D eigenvalue weighted by Gasteiger charge is 2.40. The molecule has 1 heterocycles. The smallest absolute Gasteiger partial charge is 0.260 e. The number of carbonyl (C=O) groups excluding carboxylic acids is 2. The lowest BCUT2D eigenvalue weighted by Gasteiger charge is -2.41. The van der Waals surface area contributed by atoms with Crippen LogP contribution in [0.1, 0.15) is 6.42 Å². The zero-order valence-electron chi connectivity index (χ0n) is 13.5. The van der Waals surface area contributed by atoms with Gasteiger partial charge < -0.3 is 24.8 Å². The summed E-state index contributed by atoms with van der Waals surface area (Å²) in [6.45, 7) is 0.723. The quantitative estimate of drug-likeness (QED) is 0.772. The first-order chi connectivity index (χ1) is 11.4. The van der Waals surface area contributed by atoms with E-state index in [9.17, 15) is 14.0 Å². The molecule has 8 heteroatoms. The summed E-state index contributed by atoms with van der Waals surface area (Å²) in [4.78, 5) is 25.2. The molecule has 1 saturated heterocycles. The molecule has 1 aliphatic rings. The third kappa shape index (κ3) is 4.90. The van der Waals surface area contributed by atoms with Crippen molar-refractivity contribution in [1.82, 2.24) is 4.90 Å². The summed E-state index contributed by atoms with van der Waals surface area (Å²) in [7, 11) is 1.49. The van der Waals surface area contributed by atoms with Crippen molar-refractivity contribution in [3.05, 3.63) is 30.1 Å². The predicted octanol–water partition coefficient (Wildman–Crippen LogP) is 0.324. The van der Waals surface area contributed by atoms with Crippen LogP contribution < -0.4 is 10.5 Å². The van der Waals surface area contributed by atoms with Gasteiger partial charge in [-0.2, -0.15) is 0 Å². The standard InChI is InChI=1S/C16H21FN2O5/c1-22-11-16(8-14(18)20)10-19(5-6-24-16)15(21)9-23-13-4-2-3-12(17)7-13/h2-4,7H,5-6,8-11H2,1H3,(H2,18,20)/t16-/m1/s1. The van der Waals surface area contributed by atoms with E-state index in [1.54, 1.807) is 6.07 Å². The van der Waals surface area contributed by atoms with Crippen molar-refractivity contribution < 1.29 is 28.2 Å². The normalized spacial score (nSPS) is 20.7. The summed E-state index contributed by atoms with van der Waals surface area (Å²) in [5.74, 6) is -0.978. The summed E-state index contributed by atoms with van der Waals surface area (Å²) in [5, 5.41) is 0. The van der Waals surface area contributed by atoms with E-state index >= 15 is 0 Å². The molecule has 1 aromatic carbocycles. The second-order valence-corrected chi connectivity index (χ2v) is 5.67. The maximum atomic E-state index is 13.1. The highest BCUT2D eigenvalue weighted by atomic mass is 19.1. The molecule has 0 aliphatic carbocycles. The first-order valence-electron chi connectivity index (χ1n) is 7.51. The fraction of sp³-hybridized carbons (Fsp3) is 0.500. The van der Waals surface area contributed by atoms with Gasteiger partial charge in [-0.3, -0.25) is 9.59 Å². The molecule has 1 atom stereocenters. The van der Waals surface area contributed by atoms with Crippen molar-refractivity contribution in [2.45, 2.75) is 12.0 Å². The Morgan fingerprint density at radius 1 is 1.46 bits per heavy atom. The van der Waals surface area contributed by atoms with Crippen LogP contribution in [0.25, 0.3) is 0 Å². The van der Waals surface area contributed by atoms with Gasteiger partial charge >= 0.3 is 0 Å². The second kappa shape index (κ2) is 8.07. The molecule has 1 aliphatic heterocycles. The fourth-order valence-corrected chi connectivity index (χ4v) is 2.68. The van der Waals surface area contributed by atoms with Crippen molar-refractivity contribution in [2.24, 2.45) is 5.73 Å². The monoisotopic (exact) mass is 340 g/mol. The Hall–Kier alpha value is -2.19. The Labute approximate surface area is 139 Å². The van der Waals surface area contributed by atoms with Gasteiger partial charge in [0.25, 0.3) is 5.91 Å². The number of rotatable bonds is 7. The topological polar surface area (TPSA) is 91.1 Å². The predicted molar refractivity (Wildman–Crippen MR) is 82.8 cm³/mol. The van der Waals surface area contributed by atoms with Crippen LogP contribution >= 0.6 is 0 Å². The summed E-state index contributed by atoms with van der Waals surface area (Å²) >= 11 is 0. The number of hydrogen-bond donors (Lipinski definition) is 1. The van der Waals surface area contributed by atoms with E-state index < -0.39 is 17.3 Å².